The molecular weight excluding hydrogens is 989 g/mol. The van der Waals surface area contributed by atoms with Crippen molar-refractivity contribution in [3.63, 3.8) is 0 Å². The average molecular weight is 1090 g/mol. The van der Waals surface area contributed by atoms with Crippen molar-refractivity contribution >= 4 is 30.9 Å². The van der Waals surface area contributed by atoms with Gasteiger partial charge in [-0.2, -0.15) is 0 Å². The largest absolute Gasteiger partial charge is 0.469 e. The molecule has 6 saturated heterocycles. The smallest absolute Gasteiger partial charge is 0.305 e. The lowest BCUT2D eigenvalue weighted by Gasteiger charge is -2.47. The fraction of sp³-hybridized carbons (Fsp3) is 0.879. The molecule has 9 unspecified atom stereocenters. The second-order valence-electron chi connectivity index (χ2n) is 23.3. The number of rotatable bonds is 31. The van der Waals surface area contributed by atoms with Crippen LogP contribution in [-0.2, 0) is 56.0 Å². The van der Waals surface area contributed by atoms with Crippen molar-refractivity contribution in [2.24, 2.45) is 11.8 Å². The molecule has 0 saturated carbocycles. The topological polar surface area (TPSA) is 139 Å². The van der Waals surface area contributed by atoms with Gasteiger partial charge in [-0.15, -0.1) is 6.58 Å². The van der Waals surface area contributed by atoms with E-state index in [1.165, 1.54) is 7.11 Å². The highest BCUT2D eigenvalue weighted by Gasteiger charge is 2.59. The third-order valence-corrected chi connectivity index (χ3v) is 33.5. The maximum absolute atomic E-state index is 13.1. The summed E-state index contributed by atoms with van der Waals surface area (Å²) in [6.45, 7) is 36.3. The summed E-state index contributed by atoms with van der Waals surface area (Å²) in [4.78, 5) is 13.1. The normalized spacial score (nSPS) is 36.0. The molecule has 74 heavy (non-hydrogen) atoms. The lowest BCUT2D eigenvalue weighted by Crippen LogP contribution is -2.58. The first-order chi connectivity index (χ1) is 35.4. The molecule has 4 bridgehead atoms. The molecule has 17 atom stereocenters. The summed E-state index contributed by atoms with van der Waals surface area (Å²) < 4.78 is 74.5. The van der Waals surface area contributed by atoms with Crippen molar-refractivity contribution in [2.75, 3.05) is 20.8 Å². The average Bonchev–Trinajstić information content (AvgIpc) is 4.02. The summed E-state index contributed by atoms with van der Waals surface area (Å²) >= 11 is 0. The standard InChI is InChI=1S/C58H104O13Si3/c1-16-26-48-57(71-74(23-8,24-9)25-10)53-36-52(66-48)56-46(59)37-58(68-53,69-56)30-29-43-32-40(12)47(64-43)28-27-42-31-39(11)41(13)49(65-42)35-50-45(34-54(60)61-14)55(62-15)51(67-50)33-44(70-73(20-5,21-6)22-7)38-63-72(17-2,18-3)19-4/h16,39,42-53,55-57,59H,1,12-13,17-38H2,2-11,14-15H3/t39?,42?,43?,44?,45?,46-,47+,48+,49?,50+,51-,52-,53?,55-,56?,57?,58-/m1/s1. The molecule has 6 aliphatic rings. The summed E-state index contributed by atoms with van der Waals surface area (Å²) in [7, 11) is -2.72. The van der Waals surface area contributed by atoms with Crippen LogP contribution >= 0.6 is 0 Å². The van der Waals surface area contributed by atoms with E-state index in [1.54, 1.807) is 7.11 Å². The molecule has 0 amide bonds. The highest BCUT2D eigenvalue weighted by atomic mass is 28.4. The summed E-state index contributed by atoms with van der Waals surface area (Å²) in [5.74, 6) is -1.20. The van der Waals surface area contributed by atoms with E-state index in [9.17, 15) is 9.90 Å². The zero-order valence-corrected chi connectivity index (χ0v) is 51.3. The lowest BCUT2D eigenvalue weighted by molar-refractivity contribution is -0.256. The Morgan fingerprint density at radius 3 is 2.01 bits per heavy atom. The van der Waals surface area contributed by atoms with Gasteiger partial charge >= 0.3 is 5.97 Å². The summed E-state index contributed by atoms with van der Waals surface area (Å²) in [5, 5.41) is 11.4. The van der Waals surface area contributed by atoms with Crippen molar-refractivity contribution in [3.05, 3.63) is 37.0 Å². The molecule has 0 aliphatic carbocycles. The molecule has 16 heteroatoms. The van der Waals surface area contributed by atoms with Crippen LogP contribution in [0.15, 0.2) is 37.0 Å². The van der Waals surface area contributed by atoms with Gasteiger partial charge < -0.3 is 56.3 Å². The highest BCUT2D eigenvalue weighted by molar-refractivity contribution is 6.74. The Morgan fingerprint density at radius 1 is 0.757 bits per heavy atom. The van der Waals surface area contributed by atoms with Gasteiger partial charge in [-0.05, 0) is 110 Å². The zero-order chi connectivity index (χ0) is 54.0. The number of aliphatic hydroxyl groups is 1. The lowest BCUT2D eigenvalue weighted by atomic mass is 9.82. The fourth-order valence-corrected chi connectivity index (χ4v) is 22.2. The maximum atomic E-state index is 13.1. The maximum Gasteiger partial charge on any atom is 0.305 e. The number of esters is 1. The number of carbonyl (C=O) groups excluding carboxylic acids is 1. The molecule has 6 fully saturated rings. The van der Waals surface area contributed by atoms with E-state index in [2.05, 4.69) is 89.0 Å². The Balaban J connectivity index is 1.09. The van der Waals surface area contributed by atoms with Crippen LogP contribution in [0.4, 0.5) is 0 Å². The highest BCUT2D eigenvalue weighted by Crippen LogP contribution is 2.49. The van der Waals surface area contributed by atoms with Gasteiger partial charge in [0.25, 0.3) is 0 Å². The van der Waals surface area contributed by atoms with Crippen molar-refractivity contribution in [2.45, 2.75) is 292 Å². The summed E-state index contributed by atoms with van der Waals surface area (Å²) in [6.07, 6.45) is 6.13. The minimum absolute atomic E-state index is 0.00383. The molecule has 0 aromatic carbocycles. The number of methoxy groups -OCH3 is 2. The molecule has 6 rings (SSSR count). The second kappa shape index (κ2) is 27.9. The first-order valence-electron chi connectivity index (χ1n) is 29.6. The number of carbonyl (C=O) groups is 1. The number of hydrogen-bond donors (Lipinski definition) is 1. The van der Waals surface area contributed by atoms with Gasteiger partial charge in [-0.25, -0.2) is 0 Å². The molecule has 6 aliphatic heterocycles. The first-order valence-corrected chi connectivity index (χ1v) is 37.2. The Kier molecular flexibility index (Phi) is 23.4. The number of hydrogen-bond acceptors (Lipinski definition) is 13. The van der Waals surface area contributed by atoms with Crippen LogP contribution in [0.5, 0.6) is 0 Å². The van der Waals surface area contributed by atoms with Crippen LogP contribution in [0.1, 0.15) is 146 Å². The van der Waals surface area contributed by atoms with E-state index in [0.717, 1.165) is 97.6 Å². The van der Waals surface area contributed by atoms with Crippen LogP contribution in [0.25, 0.3) is 0 Å². The quantitative estimate of drug-likeness (QED) is 0.0401. The van der Waals surface area contributed by atoms with Gasteiger partial charge in [-0.3, -0.25) is 4.79 Å². The van der Waals surface area contributed by atoms with E-state index in [1.807, 2.05) is 6.08 Å². The molecule has 0 spiro atoms. The van der Waals surface area contributed by atoms with Crippen LogP contribution in [0.3, 0.4) is 0 Å². The van der Waals surface area contributed by atoms with Gasteiger partial charge in [-0.1, -0.05) is 88.5 Å². The van der Waals surface area contributed by atoms with Crippen molar-refractivity contribution in [1.29, 1.82) is 0 Å². The minimum Gasteiger partial charge on any atom is -0.469 e. The predicted molar refractivity (Wildman–Crippen MR) is 300 cm³/mol. The SMILES string of the molecule is C=CC[C@@H]1O[C@@H]2CC(O[C@@]3(CCC4CC(=C)[C@H](CCC5CC(C)C(=C)C(C[C@@H]6O[C@H](CC(CO[Si](CC)(CC)CC)O[Si](CC)(CC)CC)[C@H](OC)C6CC(=O)OC)O5)O4)C[C@@H](O)C2O3)C1O[Si](CC)(CC)CC. The molecule has 0 aromatic rings. The van der Waals surface area contributed by atoms with Crippen LogP contribution < -0.4 is 0 Å². The Hall–Kier alpha value is -1.10. The van der Waals surface area contributed by atoms with Crippen LogP contribution in [0, 0.1) is 11.8 Å². The van der Waals surface area contributed by atoms with Gasteiger partial charge in [0, 0.05) is 45.1 Å². The van der Waals surface area contributed by atoms with E-state index >= 15 is 0 Å². The van der Waals surface area contributed by atoms with Crippen LogP contribution in [0.2, 0.25) is 54.4 Å². The molecule has 0 aromatic heterocycles. The molecule has 6 heterocycles. The fourth-order valence-electron chi connectivity index (χ4n) is 13.8. The third-order valence-electron chi connectivity index (χ3n) is 19.5. The van der Waals surface area contributed by atoms with E-state index in [4.69, 9.17) is 51.2 Å². The van der Waals surface area contributed by atoms with E-state index in [0.29, 0.717) is 45.1 Å². The molecule has 1 N–H and O–H groups in total. The summed E-state index contributed by atoms with van der Waals surface area (Å²) in [5.41, 5.74) is 2.17. The monoisotopic (exact) mass is 1090 g/mol. The van der Waals surface area contributed by atoms with Gasteiger partial charge in [0.2, 0.25) is 0 Å². The van der Waals surface area contributed by atoms with Gasteiger partial charge in [0.05, 0.1) is 99.5 Å². The molecule has 13 nitrogen and oxygen atoms in total. The molecular formula is C58H104O13Si3. The molecule has 0 radical (unpaired) electrons. The van der Waals surface area contributed by atoms with Gasteiger partial charge in [0.1, 0.15) is 6.10 Å². The van der Waals surface area contributed by atoms with Gasteiger partial charge in [0.15, 0.2) is 30.7 Å². The van der Waals surface area contributed by atoms with E-state index in [-0.39, 0.29) is 97.5 Å². The van der Waals surface area contributed by atoms with E-state index < -0.39 is 42.9 Å². The summed E-state index contributed by atoms with van der Waals surface area (Å²) in [6, 6.07) is 9.49. The Morgan fingerprint density at radius 2 is 1.41 bits per heavy atom. The number of aliphatic hydroxyl groups excluding tert-OH is 1. The van der Waals surface area contributed by atoms with Crippen molar-refractivity contribution in [3.8, 4) is 0 Å². The minimum atomic E-state index is -2.01. The number of ether oxygens (including phenoxy) is 8. The second-order valence-corrected chi connectivity index (χ2v) is 37.5. The predicted octanol–water partition coefficient (Wildman–Crippen LogP) is 12.1. The van der Waals surface area contributed by atoms with Crippen molar-refractivity contribution < 1.29 is 61.1 Å². The third kappa shape index (κ3) is 14.4. The van der Waals surface area contributed by atoms with Crippen LogP contribution in [-0.4, -0.2) is 148 Å². The van der Waals surface area contributed by atoms with Crippen molar-refractivity contribution in [1.82, 2.24) is 0 Å². The number of fused-ring (bicyclic) bond motifs is 5. The zero-order valence-electron chi connectivity index (χ0n) is 48.3. The molecule has 426 valence electrons. The first kappa shape index (κ1) is 62.1. The Bertz CT molecular complexity index is 1770. The Labute approximate surface area is 451 Å².